The molecule has 0 aliphatic carbocycles. The standard InChI is InChI=1S/C15H21ClN2O3/c1-4-10-6-7-12(16)11(5-2)13(10)18-15(21)14(20)17-8-9(3)19/h6-7,9,19H,4-5,8H2,1-3H3,(H,17,20)(H,18,21). The first-order valence-electron chi connectivity index (χ1n) is 6.98. The van der Waals surface area contributed by atoms with Crippen molar-refractivity contribution in [3.8, 4) is 0 Å². The first-order chi connectivity index (χ1) is 9.90. The highest BCUT2D eigenvalue weighted by Gasteiger charge is 2.18. The lowest BCUT2D eigenvalue weighted by Gasteiger charge is -2.16. The number of halogens is 1. The molecule has 0 aliphatic heterocycles. The Bertz CT molecular complexity index is 530. The molecule has 0 aliphatic rings. The maximum absolute atomic E-state index is 11.9. The minimum atomic E-state index is -0.778. The Morgan fingerprint density at radius 3 is 2.43 bits per heavy atom. The first kappa shape index (κ1) is 17.5. The predicted octanol–water partition coefficient (Wildman–Crippen LogP) is 1.90. The third-order valence-corrected chi connectivity index (χ3v) is 3.43. The van der Waals surface area contributed by atoms with E-state index in [1.807, 2.05) is 19.9 Å². The highest BCUT2D eigenvalue weighted by Crippen LogP contribution is 2.29. The number of hydrogen-bond donors (Lipinski definition) is 3. The third-order valence-electron chi connectivity index (χ3n) is 3.08. The normalized spacial score (nSPS) is 11.9. The molecule has 0 spiro atoms. The van der Waals surface area contributed by atoms with Crippen molar-refractivity contribution in [2.45, 2.75) is 39.7 Å². The van der Waals surface area contributed by atoms with Gasteiger partial charge in [-0.05, 0) is 37.0 Å². The number of aliphatic hydroxyl groups is 1. The molecule has 21 heavy (non-hydrogen) atoms. The van der Waals surface area contributed by atoms with Crippen LogP contribution >= 0.6 is 11.6 Å². The molecule has 5 nitrogen and oxygen atoms in total. The largest absolute Gasteiger partial charge is 0.392 e. The van der Waals surface area contributed by atoms with Crippen molar-refractivity contribution >= 4 is 29.1 Å². The molecule has 116 valence electrons. The molecule has 0 saturated heterocycles. The molecule has 1 rings (SSSR count). The van der Waals surface area contributed by atoms with E-state index in [-0.39, 0.29) is 6.54 Å². The van der Waals surface area contributed by atoms with Gasteiger partial charge in [-0.15, -0.1) is 0 Å². The number of nitrogens with one attached hydrogen (secondary N) is 2. The van der Waals surface area contributed by atoms with Crippen LogP contribution in [0.3, 0.4) is 0 Å². The second kappa shape index (κ2) is 8.00. The quantitative estimate of drug-likeness (QED) is 0.727. The van der Waals surface area contributed by atoms with Gasteiger partial charge < -0.3 is 15.7 Å². The summed E-state index contributed by atoms with van der Waals surface area (Å²) in [6.45, 7) is 5.46. The molecule has 0 fully saturated rings. The highest BCUT2D eigenvalue weighted by atomic mass is 35.5. The van der Waals surface area contributed by atoms with Gasteiger partial charge >= 0.3 is 11.8 Å². The van der Waals surface area contributed by atoms with Crippen LogP contribution in [0.25, 0.3) is 0 Å². The van der Waals surface area contributed by atoms with E-state index in [0.717, 1.165) is 17.5 Å². The van der Waals surface area contributed by atoms with E-state index in [9.17, 15) is 9.59 Å². The number of anilines is 1. The molecule has 0 heterocycles. The van der Waals surface area contributed by atoms with Crippen LogP contribution in [0, 0.1) is 0 Å². The molecule has 2 amide bonds. The van der Waals surface area contributed by atoms with Crippen molar-refractivity contribution in [1.82, 2.24) is 5.32 Å². The lowest BCUT2D eigenvalue weighted by atomic mass is 10.0. The zero-order valence-corrected chi connectivity index (χ0v) is 13.3. The van der Waals surface area contributed by atoms with E-state index < -0.39 is 17.9 Å². The monoisotopic (exact) mass is 312 g/mol. The molecule has 6 heteroatoms. The van der Waals surface area contributed by atoms with Gasteiger partial charge in [-0.3, -0.25) is 9.59 Å². The molecular weight excluding hydrogens is 292 g/mol. The summed E-state index contributed by atoms with van der Waals surface area (Å²) in [7, 11) is 0. The van der Waals surface area contributed by atoms with Crippen LogP contribution in [-0.2, 0) is 22.4 Å². The average Bonchev–Trinajstić information content (AvgIpc) is 2.45. The summed E-state index contributed by atoms with van der Waals surface area (Å²) in [4.78, 5) is 23.6. The van der Waals surface area contributed by atoms with E-state index in [4.69, 9.17) is 16.7 Å². The summed E-state index contributed by atoms with van der Waals surface area (Å²) in [5, 5.41) is 14.7. The van der Waals surface area contributed by atoms with Gasteiger partial charge in [-0.25, -0.2) is 0 Å². The van der Waals surface area contributed by atoms with Gasteiger partial charge in [0.25, 0.3) is 0 Å². The van der Waals surface area contributed by atoms with Crippen molar-refractivity contribution < 1.29 is 14.7 Å². The minimum absolute atomic E-state index is 0.0308. The lowest BCUT2D eigenvalue weighted by Crippen LogP contribution is -2.39. The lowest BCUT2D eigenvalue weighted by molar-refractivity contribution is -0.136. The Labute approximate surface area is 129 Å². The number of hydrogen-bond acceptors (Lipinski definition) is 3. The maximum Gasteiger partial charge on any atom is 0.313 e. The zero-order chi connectivity index (χ0) is 16.0. The van der Waals surface area contributed by atoms with E-state index in [2.05, 4.69) is 10.6 Å². The molecule has 0 aromatic heterocycles. The van der Waals surface area contributed by atoms with Crippen LogP contribution in [-0.4, -0.2) is 29.6 Å². The molecular formula is C15H21ClN2O3. The summed E-state index contributed by atoms with van der Waals surface area (Å²) in [6.07, 6.45) is 0.664. The van der Waals surface area contributed by atoms with Crippen molar-refractivity contribution in [3.05, 3.63) is 28.3 Å². The van der Waals surface area contributed by atoms with Crippen LogP contribution in [0.15, 0.2) is 12.1 Å². The molecule has 0 saturated carbocycles. The molecule has 0 radical (unpaired) electrons. The minimum Gasteiger partial charge on any atom is -0.392 e. The Morgan fingerprint density at radius 1 is 1.24 bits per heavy atom. The van der Waals surface area contributed by atoms with Gasteiger partial charge in [0.2, 0.25) is 0 Å². The van der Waals surface area contributed by atoms with Crippen LogP contribution in [0.1, 0.15) is 31.9 Å². The second-order valence-corrected chi connectivity index (χ2v) is 5.19. The highest BCUT2D eigenvalue weighted by molar-refractivity contribution is 6.40. The number of benzene rings is 1. The molecule has 0 bridgehead atoms. The summed E-state index contributed by atoms with van der Waals surface area (Å²) < 4.78 is 0. The average molecular weight is 313 g/mol. The summed E-state index contributed by atoms with van der Waals surface area (Å²) in [5.74, 6) is -1.54. The van der Waals surface area contributed by atoms with E-state index in [1.165, 1.54) is 6.92 Å². The van der Waals surface area contributed by atoms with Crippen molar-refractivity contribution in [2.24, 2.45) is 0 Å². The molecule has 1 aromatic carbocycles. The van der Waals surface area contributed by atoms with Gasteiger partial charge in [0.15, 0.2) is 0 Å². The molecule has 3 N–H and O–H groups in total. The zero-order valence-electron chi connectivity index (χ0n) is 12.5. The van der Waals surface area contributed by atoms with Gasteiger partial charge in [0, 0.05) is 17.3 Å². The third kappa shape index (κ3) is 4.72. The van der Waals surface area contributed by atoms with Crippen molar-refractivity contribution in [3.63, 3.8) is 0 Å². The van der Waals surface area contributed by atoms with Crippen LogP contribution in [0.2, 0.25) is 5.02 Å². The number of aryl methyl sites for hydroxylation is 1. The van der Waals surface area contributed by atoms with E-state index in [0.29, 0.717) is 17.1 Å². The first-order valence-corrected chi connectivity index (χ1v) is 7.35. The maximum atomic E-state index is 11.9. The number of aliphatic hydroxyl groups excluding tert-OH is 1. The van der Waals surface area contributed by atoms with Crippen LogP contribution < -0.4 is 10.6 Å². The Balaban J connectivity index is 2.93. The van der Waals surface area contributed by atoms with Gasteiger partial charge in [-0.2, -0.15) is 0 Å². The summed E-state index contributed by atoms with van der Waals surface area (Å²) in [5.41, 5.74) is 2.34. The topological polar surface area (TPSA) is 78.4 Å². The fourth-order valence-electron chi connectivity index (χ4n) is 1.96. The van der Waals surface area contributed by atoms with E-state index >= 15 is 0 Å². The smallest absolute Gasteiger partial charge is 0.313 e. The SMILES string of the molecule is CCc1ccc(Cl)c(CC)c1NC(=O)C(=O)NCC(C)O. The fraction of sp³-hybridized carbons (Fsp3) is 0.467. The Kier molecular flexibility index (Phi) is 6.65. The van der Waals surface area contributed by atoms with Crippen LogP contribution in [0.4, 0.5) is 5.69 Å². The van der Waals surface area contributed by atoms with Crippen molar-refractivity contribution in [2.75, 3.05) is 11.9 Å². The van der Waals surface area contributed by atoms with E-state index in [1.54, 1.807) is 6.07 Å². The number of carbonyl (C=O) groups is 2. The Hall–Kier alpha value is -1.59. The number of carbonyl (C=O) groups excluding carboxylic acids is 2. The van der Waals surface area contributed by atoms with Gasteiger partial charge in [0.05, 0.1) is 6.10 Å². The number of amides is 2. The second-order valence-electron chi connectivity index (χ2n) is 4.78. The summed E-state index contributed by atoms with van der Waals surface area (Å²) in [6, 6.07) is 3.63. The van der Waals surface area contributed by atoms with Crippen LogP contribution in [0.5, 0.6) is 0 Å². The van der Waals surface area contributed by atoms with Gasteiger partial charge in [-0.1, -0.05) is 31.5 Å². The summed E-state index contributed by atoms with van der Waals surface area (Å²) >= 11 is 6.14. The van der Waals surface area contributed by atoms with Crippen molar-refractivity contribution in [1.29, 1.82) is 0 Å². The molecule has 1 atom stereocenters. The van der Waals surface area contributed by atoms with Gasteiger partial charge in [0.1, 0.15) is 0 Å². The Morgan fingerprint density at radius 2 is 1.90 bits per heavy atom. The fourth-order valence-corrected chi connectivity index (χ4v) is 2.25. The molecule has 1 aromatic rings. The number of rotatable bonds is 5. The predicted molar refractivity (Wildman–Crippen MR) is 83.5 cm³/mol. The molecule has 1 unspecified atom stereocenters.